The lowest BCUT2D eigenvalue weighted by molar-refractivity contribution is -0.127. The maximum absolute atomic E-state index is 12.2. The van der Waals surface area contributed by atoms with Crippen LogP contribution in [0.1, 0.15) is 22.8 Å². The molecule has 0 bridgehead atoms. The van der Waals surface area contributed by atoms with E-state index in [1.165, 1.54) is 6.21 Å². The summed E-state index contributed by atoms with van der Waals surface area (Å²) in [6.07, 6.45) is 0.721. The third-order valence-electron chi connectivity index (χ3n) is 4.05. The molecule has 3 aromatic rings. The zero-order valence-corrected chi connectivity index (χ0v) is 18.8. The molecule has 0 aliphatic rings. The van der Waals surface area contributed by atoms with E-state index in [0.29, 0.717) is 32.1 Å². The van der Waals surface area contributed by atoms with Gasteiger partial charge in [-0.25, -0.2) is 10.2 Å². The Morgan fingerprint density at radius 2 is 1.77 bits per heavy atom. The van der Waals surface area contributed by atoms with Crippen molar-refractivity contribution in [3.05, 3.63) is 93.4 Å². The van der Waals surface area contributed by atoms with E-state index in [0.717, 1.165) is 0 Å². The molecule has 158 valence electrons. The molecular formula is C23H18BrClN2O4. The molecule has 0 fully saturated rings. The fourth-order valence-corrected chi connectivity index (χ4v) is 3.10. The molecule has 0 saturated carbocycles. The minimum atomic E-state index is -0.755. The second-order valence-electron chi connectivity index (χ2n) is 6.39. The van der Waals surface area contributed by atoms with Crippen LogP contribution in [0.2, 0.25) is 5.02 Å². The molecule has 8 heteroatoms. The molecule has 0 aromatic heterocycles. The smallest absolute Gasteiger partial charge is 0.344 e. The third-order valence-corrected chi connectivity index (χ3v) is 4.98. The lowest BCUT2D eigenvalue weighted by Gasteiger charge is -2.12. The maximum Gasteiger partial charge on any atom is 0.344 e. The summed E-state index contributed by atoms with van der Waals surface area (Å²) in [4.78, 5) is 24.4. The van der Waals surface area contributed by atoms with Gasteiger partial charge in [0.25, 0.3) is 5.91 Å². The molecule has 0 unspecified atom stereocenters. The van der Waals surface area contributed by atoms with Gasteiger partial charge in [0.1, 0.15) is 11.5 Å². The van der Waals surface area contributed by atoms with E-state index < -0.39 is 18.0 Å². The van der Waals surface area contributed by atoms with Crippen LogP contribution in [-0.2, 0) is 4.79 Å². The highest BCUT2D eigenvalue weighted by Gasteiger charge is 2.14. The normalized spacial score (nSPS) is 11.7. The summed E-state index contributed by atoms with van der Waals surface area (Å²) in [5.41, 5.74) is 3.57. The summed E-state index contributed by atoms with van der Waals surface area (Å²) in [5, 5.41) is 4.45. The summed E-state index contributed by atoms with van der Waals surface area (Å²) in [7, 11) is 0. The number of amides is 1. The molecule has 1 amide bonds. The molecule has 0 heterocycles. The number of halogens is 2. The Hall–Kier alpha value is -3.16. The van der Waals surface area contributed by atoms with Gasteiger partial charge in [-0.2, -0.15) is 5.10 Å². The summed E-state index contributed by atoms with van der Waals surface area (Å²) in [6, 6.07) is 20.5. The molecule has 3 aromatic carbocycles. The number of benzene rings is 3. The average Bonchev–Trinajstić information content (AvgIpc) is 2.75. The van der Waals surface area contributed by atoms with Crippen molar-refractivity contribution in [3.8, 4) is 11.5 Å². The van der Waals surface area contributed by atoms with Crippen LogP contribution < -0.4 is 14.9 Å². The van der Waals surface area contributed by atoms with Gasteiger partial charge >= 0.3 is 5.97 Å². The van der Waals surface area contributed by atoms with Crippen molar-refractivity contribution in [2.45, 2.75) is 13.0 Å². The maximum atomic E-state index is 12.2. The highest BCUT2D eigenvalue weighted by molar-refractivity contribution is 9.10. The number of hydrogen-bond acceptors (Lipinski definition) is 5. The Kier molecular flexibility index (Phi) is 7.81. The number of nitrogens with one attached hydrogen (secondary N) is 1. The monoisotopic (exact) mass is 500 g/mol. The predicted octanol–water partition coefficient (Wildman–Crippen LogP) is 5.24. The van der Waals surface area contributed by atoms with Gasteiger partial charge in [0, 0.05) is 9.50 Å². The van der Waals surface area contributed by atoms with Crippen LogP contribution in [0, 0.1) is 0 Å². The average molecular weight is 502 g/mol. The molecule has 0 aliphatic carbocycles. The Bertz CT molecular complexity index is 1100. The first-order valence-electron chi connectivity index (χ1n) is 9.24. The van der Waals surface area contributed by atoms with Gasteiger partial charge in [-0.1, -0.05) is 29.8 Å². The van der Waals surface area contributed by atoms with E-state index in [1.54, 1.807) is 73.7 Å². The van der Waals surface area contributed by atoms with Crippen molar-refractivity contribution >= 4 is 45.6 Å². The predicted molar refractivity (Wildman–Crippen MR) is 123 cm³/mol. The molecule has 1 N–H and O–H groups in total. The first-order valence-corrected chi connectivity index (χ1v) is 10.4. The lowest BCUT2D eigenvalue weighted by atomic mass is 10.2. The van der Waals surface area contributed by atoms with Gasteiger partial charge in [-0.15, -0.1) is 0 Å². The van der Waals surface area contributed by atoms with Gasteiger partial charge in [0.15, 0.2) is 6.10 Å². The molecule has 0 radical (unpaired) electrons. The van der Waals surface area contributed by atoms with Crippen LogP contribution in [-0.4, -0.2) is 24.2 Å². The molecule has 0 saturated heterocycles. The van der Waals surface area contributed by atoms with Crippen LogP contribution in [0.15, 0.2) is 82.4 Å². The van der Waals surface area contributed by atoms with Gasteiger partial charge in [0.2, 0.25) is 0 Å². The van der Waals surface area contributed by atoms with Gasteiger partial charge < -0.3 is 9.47 Å². The van der Waals surface area contributed by atoms with Gasteiger partial charge in [-0.3, -0.25) is 4.79 Å². The van der Waals surface area contributed by atoms with Crippen molar-refractivity contribution in [2.24, 2.45) is 5.10 Å². The Labute approximate surface area is 193 Å². The third kappa shape index (κ3) is 6.67. The quantitative estimate of drug-likeness (QED) is 0.208. The van der Waals surface area contributed by atoms with Crippen molar-refractivity contribution in [2.75, 3.05) is 0 Å². The zero-order chi connectivity index (χ0) is 22.2. The van der Waals surface area contributed by atoms with Gasteiger partial charge in [0.05, 0.1) is 11.8 Å². The number of ether oxygens (including phenoxy) is 2. The number of carbonyl (C=O) groups excluding carboxylic acids is 2. The van der Waals surface area contributed by atoms with Crippen molar-refractivity contribution < 1.29 is 19.1 Å². The zero-order valence-electron chi connectivity index (χ0n) is 16.4. The second-order valence-corrected chi connectivity index (χ2v) is 7.68. The Morgan fingerprint density at radius 1 is 1.03 bits per heavy atom. The van der Waals surface area contributed by atoms with E-state index in [-0.39, 0.29) is 0 Å². The SMILES string of the molecule is C[C@@H](Oc1cccc(Cl)c1)C(=O)N/N=C\c1ccc(OC(=O)c2ccccc2Br)cc1. The summed E-state index contributed by atoms with van der Waals surface area (Å²) < 4.78 is 11.6. The number of carbonyl (C=O) groups is 2. The minimum Gasteiger partial charge on any atom is -0.481 e. The first-order chi connectivity index (χ1) is 14.9. The Balaban J connectivity index is 1.51. The van der Waals surface area contributed by atoms with E-state index in [9.17, 15) is 9.59 Å². The summed E-state index contributed by atoms with van der Waals surface area (Å²) >= 11 is 9.23. The van der Waals surface area contributed by atoms with Crippen molar-refractivity contribution in [1.82, 2.24) is 5.43 Å². The first kappa shape index (κ1) is 22.5. The molecule has 0 aliphatic heterocycles. The van der Waals surface area contributed by atoms with Crippen LogP contribution in [0.3, 0.4) is 0 Å². The number of rotatable bonds is 7. The van der Waals surface area contributed by atoms with E-state index in [2.05, 4.69) is 26.5 Å². The van der Waals surface area contributed by atoms with Crippen molar-refractivity contribution in [1.29, 1.82) is 0 Å². The van der Waals surface area contributed by atoms with E-state index in [1.807, 2.05) is 6.07 Å². The highest BCUT2D eigenvalue weighted by Crippen LogP contribution is 2.20. The minimum absolute atomic E-state index is 0.394. The lowest BCUT2D eigenvalue weighted by Crippen LogP contribution is -2.33. The summed E-state index contributed by atoms with van der Waals surface area (Å²) in [5.74, 6) is 0.0161. The molecule has 0 spiro atoms. The highest BCUT2D eigenvalue weighted by atomic mass is 79.9. The largest absolute Gasteiger partial charge is 0.481 e. The fraction of sp³-hybridized carbons (Fsp3) is 0.0870. The molecular weight excluding hydrogens is 484 g/mol. The second kappa shape index (κ2) is 10.7. The van der Waals surface area contributed by atoms with Crippen LogP contribution in [0.5, 0.6) is 11.5 Å². The van der Waals surface area contributed by atoms with Crippen LogP contribution in [0.25, 0.3) is 0 Å². The van der Waals surface area contributed by atoms with Crippen LogP contribution in [0.4, 0.5) is 0 Å². The molecule has 31 heavy (non-hydrogen) atoms. The van der Waals surface area contributed by atoms with Gasteiger partial charge in [-0.05, 0) is 83.0 Å². The van der Waals surface area contributed by atoms with E-state index in [4.69, 9.17) is 21.1 Å². The number of hydrogen-bond donors (Lipinski definition) is 1. The molecule has 6 nitrogen and oxygen atoms in total. The standard InChI is InChI=1S/C23H18BrClN2O4/c1-15(30-19-6-4-5-17(25)13-19)22(28)27-26-14-16-9-11-18(12-10-16)31-23(29)20-7-2-3-8-21(20)24/h2-15H,1H3,(H,27,28)/b26-14-/t15-/m1/s1. The number of nitrogens with zero attached hydrogens (tertiary/aromatic N) is 1. The summed E-state index contributed by atoms with van der Waals surface area (Å²) in [6.45, 7) is 1.61. The fourth-order valence-electron chi connectivity index (χ4n) is 2.47. The Morgan fingerprint density at radius 3 is 2.48 bits per heavy atom. The number of hydrazone groups is 1. The number of esters is 1. The topological polar surface area (TPSA) is 77.0 Å². The molecule has 3 rings (SSSR count). The van der Waals surface area contributed by atoms with Crippen LogP contribution >= 0.6 is 27.5 Å². The van der Waals surface area contributed by atoms with E-state index >= 15 is 0 Å². The molecule has 1 atom stereocenters. The van der Waals surface area contributed by atoms with Crippen molar-refractivity contribution in [3.63, 3.8) is 0 Å².